The molecule has 122 valence electrons. The molecule has 21 heavy (non-hydrogen) atoms. The molecule has 0 fully saturated rings. The van der Waals surface area contributed by atoms with Crippen LogP contribution >= 0.6 is 0 Å². The Bertz CT molecular complexity index is 377. The number of aliphatic carboxylic acids is 1. The van der Waals surface area contributed by atoms with Gasteiger partial charge in [0.15, 0.2) is 0 Å². The minimum absolute atomic E-state index is 0.0305. The van der Waals surface area contributed by atoms with Crippen LogP contribution in [0.25, 0.3) is 0 Å². The zero-order valence-corrected chi connectivity index (χ0v) is 13.2. The minimum atomic E-state index is -0.812. The van der Waals surface area contributed by atoms with Gasteiger partial charge in [0.05, 0.1) is 0 Å². The average Bonchev–Trinajstić information content (AvgIpc) is 2.30. The number of urea groups is 1. The van der Waals surface area contributed by atoms with E-state index in [2.05, 4.69) is 31.4 Å². The van der Waals surface area contributed by atoms with Crippen molar-refractivity contribution >= 4 is 17.9 Å². The van der Waals surface area contributed by atoms with Crippen LogP contribution in [0.3, 0.4) is 0 Å². The summed E-state index contributed by atoms with van der Waals surface area (Å²) in [6.45, 7) is 8.15. The summed E-state index contributed by atoms with van der Waals surface area (Å²) in [6.07, 6.45) is 1.38. The number of amides is 3. The SMILES string of the molecule is CC(NC(N)=O)C(=O)NCCC(CCC(=O)O)C(C)(C)C. The minimum Gasteiger partial charge on any atom is -0.481 e. The lowest BCUT2D eigenvalue weighted by Gasteiger charge is -2.30. The van der Waals surface area contributed by atoms with Crippen molar-refractivity contribution < 1.29 is 19.5 Å². The Morgan fingerprint density at radius 3 is 2.19 bits per heavy atom. The first-order valence-electron chi connectivity index (χ1n) is 7.09. The summed E-state index contributed by atoms with van der Waals surface area (Å²) in [7, 11) is 0. The number of nitrogens with two attached hydrogens (primary N) is 1. The van der Waals surface area contributed by atoms with Gasteiger partial charge in [0.25, 0.3) is 0 Å². The van der Waals surface area contributed by atoms with Gasteiger partial charge in [-0.1, -0.05) is 20.8 Å². The molecule has 0 radical (unpaired) electrons. The fourth-order valence-electron chi connectivity index (χ4n) is 2.11. The van der Waals surface area contributed by atoms with Crippen LogP contribution in [0, 0.1) is 11.3 Å². The van der Waals surface area contributed by atoms with Crippen LogP contribution < -0.4 is 16.4 Å². The molecule has 2 atom stereocenters. The molecule has 0 aliphatic rings. The Morgan fingerprint density at radius 2 is 1.76 bits per heavy atom. The van der Waals surface area contributed by atoms with E-state index in [1.807, 2.05) is 0 Å². The summed E-state index contributed by atoms with van der Waals surface area (Å²) >= 11 is 0. The molecule has 7 nitrogen and oxygen atoms in total. The molecule has 0 aliphatic heterocycles. The van der Waals surface area contributed by atoms with Gasteiger partial charge in [0, 0.05) is 13.0 Å². The molecule has 3 amide bonds. The predicted molar refractivity (Wildman–Crippen MR) is 79.6 cm³/mol. The molecule has 0 bridgehead atoms. The zero-order valence-electron chi connectivity index (χ0n) is 13.2. The molecule has 7 heteroatoms. The van der Waals surface area contributed by atoms with Crippen LogP contribution in [0.15, 0.2) is 0 Å². The first kappa shape index (κ1) is 19.2. The lowest BCUT2D eigenvalue weighted by molar-refractivity contribution is -0.137. The second-order valence-electron chi connectivity index (χ2n) is 6.31. The Morgan fingerprint density at radius 1 is 1.19 bits per heavy atom. The second kappa shape index (κ2) is 8.49. The van der Waals surface area contributed by atoms with Crippen LogP contribution in [-0.2, 0) is 9.59 Å². The molecular weight excluding hydrogens is 274 g/mol. The lowest BCUT2D eigenvalue weighted by atomic mass is 9.76. The van der Waals surface area contributed by atoms with Crippen LogP contribution in [0.2, 0.25) is 0 Å². The highest BCUT2D eigenvalue weighted by molar-refractivity contribution is 5.86. The monoisotopic (exact) mass is 301 g/mol. The Hall–Kier alpha value is -1.79. The maximum absolute atomic E-state index is 11.7. The lowest BCUT2D eigenvalue weighted by Crippen LogP contribution is -2.47. The zero-order chi connectivity index (χ0) is 16.6. The number of hydrogen-bond donors (Lipinski definition) is 4. The third-order valence-electron chi connectivity index (χ3n) is 3.48. The number of nitrogens with one attached hydrogen (secondary N) is 2. The van der Waals surface area contributed by atoms with Crippen LogP contribution in [0.4, 0.5) is 4.79 Å². The van der Waals surface area contributed by atoms with Gasteiger partial charge in [-0.15, -0.1) is 0 Å². The number of hydrogen-bond acceptors (Lipinski definition) is 3. The first-order chi connectivity index (χ1) is 9.54. The largest absolute Gasteiger partial charge is 0.481 e. The number of primary amides is 1. The predicted octanol–water partition coefficient (Wildman–Crippen LogP) is 1.08. The molecule has 0 heterocycles. The maximum atomic E-state index is 11.7. The van der Waals surface area contributed by atoms with Crippen molar-refractivity contribution in [2.45, 2.75) is 53.0 Å². The molecule has 0 saturated heterocycles. The third-order valence-corrected chi connectivity index (χ3v) is 3.48. The molecule has 0 aromatic rings. The van der Waals surface area contributed by atoms with Crippen molar-refractivity contribution in [1.82, 2.24) is 10.6 Å². The van der Waals surface area contributed by atoms with E-state index in [4.69, 9.17) is 10.8 Å². The van der Waals surface area contributed by atoms with E-state index in [1.54, 1.807) is 6.92 Å². The molecule has 0 aromatic heterocycles. The highest BCUT2D eigenvalue weighted by atomic mass is 16.4. The summed E-state index contributed by atoms with van der Waals surface area (Å²) in [5.74, 6) is -0.930. The van der Waals surface area contributed by atoms with E-state index in [1.165, 1.54) is 0 Å². The summed E-state index contributed by atoms with van der Waals surface area (Å²) in [6, 6.07) is -1.43. The molecule has 0 aromatic carbocycles. The number of carboxylic acids is 1. The van der Waals surface area contributed by atoms with Gasteiger partial charge in [0.1, 0.15) is 6.04 Å². The van der Waals surface area contributed by atoms with Crippen molar-refractivity contribution in [2.75, 3.05) is 6.54 Å². The van der Waals surface area contributed by atoms with Gasteiger partial charge in [-0.3, -0.25) is 9.59 Å². The molecule has 5 N–H and O–H groups in total. The van der Waals surface area contributed by atoms with E-state index in [0.29, 0.717) is 19.4 Å². The average molecular weight is 301 g/mol. The van der Waals surface area contributed by atoms with E-state index in [0.717, 1.165) is 0 Å². The molecule has 0 aliphatic carbocycles. The quantitative estimate of drug-likeness (QED) is 0.536. The molecular formula is C14H27N3O4. The Kier molecular flexibility index (Phi) is 7.76. The fraction of sp³-hybridized carbons (Fsp3) is 0.786. The van der Waals surface area contributed by atoms with Gasteiger partial charge >= 0.3 is 12.0 Å². The summed E-state index contributed by atoms with van der Waals surface area (Å²) in [5.41, 5.74) is 4.92. The van der Waals surface area contributed by atoms with Crippen LogP contribution in [0.5, 0.6) is 0 Å². The highest BCUT2D eigenvalue weighted by Gasteiger charge is 2.25. The number of carbonyl (C=O) groups excluding carboxylic acids is 2. The molecule has 0 rings (SSSR count). The van der Waals surface area contributed by atoms with Crippen molar-refractivity contribution in [3.63, 3.8) is 0 Å². The van der Waals surface area contributed by atoms with E-state index < -0.39 is 18.0 Å². The van der Waals surface area contributed by atoms with E-state index >= 15 is 0 Å². The first-order valence-corrected chi connectivity index (χ1v) is 7.09. The van der Waals surface area contributed by atoms with E-state index in [9.17, 15) is 14.4 Å². The van der Waals surface area contributed by atoms with Crippen molar-refractivity contribution in [3.8, 4) is 0 Å². The molecule has 0 saturated carbocycles. The third kappa shape index (κ3) is 8.88. The topological polar surface area (TPSA) is 122 Å². The van der Waals surface area contributed by atoms with Crippen molar-refractivity contribution in [2.24, 2.45) is 17.1 Å². The summed E-state index contributed by atoms with van der Waals surface area (Å²) in [5, 5.41) is 13.8. The van der Waals surface area contributed by atoms with Gasteiger partial charge in [-0.25, -0.2) is 4.79 Å². The number of carbonyl (C=O) groups is 3. The maximum Gasteiger partial charge on any atom is 0.312 e. The van der Waals surface area contributed by atoms with E-state index in [-0.39, 0.29) is 23.7 Å². The Balaban J connectivity index is 4.27. The second-order valence-corrected chi connectivity index (χ2v) is 6.31. The summed E-state index contributed by atoms with van der Waals surface area (Å²) < 4.78 is 0. The smallest absolute Gasteiger partial charge is 0.312 e. The Labute approximate surface area is 125 Å². The molecule has 0 spiro atoms. The van der Waals surface area contributed by atoms with Crippen LogP contribution in [0.1, 0.15) is 47.0 Å². The number of rotatable bonds is 8. The van der Waals surface area contributed by atoms with Crippen molar-refractivity contribution in [1.29, 1.82) is 0 Å². The normalized spacial score (nSPS) is 14.1. The fourth-order valence-corrected chi connectivity index (χ4v) is 2.11. The summed E-state index contributed by atoms with van der Waals surface area (Å²) in [4.78, 5) is 33.0. The number of carboxylic acid groups (broad SMARTS) is 1. The van der Waals surface area contributed by atoms with Gasteiger partial charge in [-0.05, 0) is 31.1 Å². The van der Waals surface area contributed by atoms with Gasteiger partial charge < -0.3 is 21.5 Å². The highest BCUT2D eigenvalue weighted by Crippen LogP contribution is 2.32. The van der Waals surface area contributed by atoms with Gasteiger partial charge in [0.2, 0.25) is 5.91 Å². The standard InChI is InChI=1S/C14H27N3O4/c1-9(17-13(15)21)12(20)16-8-7-10(14(2,3)4)5-6-11(18)19/h9-10H,5-8H2,1-4H3,(H,16,20)(H,18,19)(H3,15,17,21). The molecule has 2 unspecified atom stereocenters. The van der Waals surface area contributed by atoms with Gasteiger partial charge in [-0.2, -0.15) is 0 Å². The van der Waals surface area contributed by atoms with Crippen LogP contribution in [-0.4, -0.2) is 35.6 Å². The van der Waals surface area contributed by atoms with Crippen molar-refractivity contribution in [3.05, 3.63) is 0 Å².